The summed E-state index contributed by atoms with van der Waals surface area (Å²) in [5, 5.41) is 3.73. The molecule has 0 aliphatic rings. The zero-order chi connectivity index (χ0) is 13.2. The standard InChI is InChI=1S/C15H14N2O/c1-4-15(2,3)17-14(18)12-9-5-7-11-8-6-10-16-13(11)12/h1,5-10H,2-3H3,(H,17,18). The van der Waals surface area contributed by atoms with Gasteiger partial charge in [0.1, 0.15) is 0 Å². The van der Waals surface area contributed by atoms with Gasteiger partial charge in [0.15, 0.2) is 0 Å². The quantitative estimate of drug-likeness (QED) is 0.816. The third-order valence-electron chi connectivity index (χ3n) is 2.66. The first-order chi connectivity index (χ1) is 8.53. The molecule has 0 aliphatic heterocycles. The van der Waals surface area contributed by atoms with Gasteiger partial charge in [0.05, 0.1) is 16.6 Å². The smallest absolute Gasteiger partial charge is 0.254 e. The van der Waals surface area contributed by atoms with Crippen LogP contribution in [0.15, 0.2) is 36.5 Å². The van der Waals surface area contributed by atoms with Gasteiger partial charge in [-0.15, -0.1) is 6.42 Å². The van der Waals surface area contributed by atoms with Gasteiger partial charge >= 0.3 is 0 Å². The van der Waals surface area contributed by atoms with Crippen LogP contribution in [0.3, 0.4) is 0 Å². The molecule has 1 amide bonds. The van der Waals surface area contributed by atoms with E-state index >= 15 is 0 Å². The third-order valence-corrected chi connectivity index (χ3v) is 2.66. The van der Waals surface area contributed by atoms with Crippen molar-refractivity contribution in [1.82, 2.24) is 10.3 Å². The van der Waals surface area contributed by atoms with Crippen molar-refractivity contribution in [3.8, 4) is 12.3 Å². The highest BCUT2D eigenvalue weighted by Gasteiger charge is 2.19. The molecule has 3 nitrogen and oxygen atoms in total. The number of amides is 1. The van der Waals surface area contributed by atoms with Gasteiger partial charge in [-0.05, 0) is 26.0 Å². The van der Waals surface area contributed by atoms with Crippen LogP contribution < -0.4 is 5.32 Å². The average molecular weight is 238 g/mol. The zero-order valence-corrected chi connectivity index (χ0v) is 10.4. The molecule has 0 atom stereocenters. The first kappa shape index (κ1) is 12.1. The number of fused-ring (bicyclic) bond motifs is 1. The molecule has 3 heteroatoms. The third kappa shape index (κ3) is 2.33. The molecule has 0 aliphatic carbocycles. The fraction of sp³-hybridized carbons (Fsp3) is 0.200. The van der Waals surface area contributed by atoms with E-state index in [1.54, 1.807) is 26.1 Å². The van der Waals surface area contributed by atoms with Crippen LogP contribution >= 0.6 is 0 Å². The minimum atomic E-state index is -0.673. The van der Waals surface area contributed by atoms with Crippen LogP contribution in [0.2, 0.25) is 0 Å². The second-order valence-corrected chi connectivity index (χ2v) is 4.60. The highest BCUT2D eigenvalue weighted by atomic mass is 16.1. The van der Waals surface area contributed by atoms with Crippen molar-refractivity contribution >= 4 is 16.8 Å². The summed E-state index contributed by atoms with van der Waals surface area (Å²) in [7, 11) is 0. The normalized spacial score (nSPS) is 10.9. The van der Waals surface area contributed by atoms with Gasteiger partial charge < -0.3 is 5.32 Å². The Kier molecular flexibility index (Phi) is 3.03. The van der Waals surface area contributed by atoms with Gasteiger partial charge in [-0.1, -0.05) is 24.1 Å². The topological polar surface area (TPSA) is 42.0 Å². The van der Waals surface area contributed by atoms with Gasteiger partial charge in [0, 0.05) is 11.6 Å². The number of aromatic nitrogens is 1. The number of para-hydroxylation sites is 1. The highest BCUT2D eigenvalue weighted by Crippen LogP contribution is 2.16. The molecule has 1 aromatic heterocycles. The van der Waals surface area contributed by atoms with Crippen LogP contribution in [0, 0.1) is 12.3 Å². The molecule has 1 aromatic carbocycles. The maximum absolute atomic E-state index is 12.2. The van der Waals surface area contributed by atoms with Crippen LogP contribution in [0.25, 0.3) is 10.9 Å². The van der Waals surface area contributed by atoms with E-state index in [0.29, 0.717) is 11.1 Å². The Labute approximate surface area is 106 Å². The van der Waals surface area contributed by atoms with Crippen molar-refractivity contribution in [1.29, 1.82) is 0 Å². The number of hydrogen-bond acceptors (Lipinski definition) is 2. The van der Waals surface area contributed by atoms with E-state index in [9.17, 15) is 4.79 Å². The minimum Gasteiger partial charge on any atom is -0.336 e. The number of pyridine rings is 1. The summed E-state index contributed by atoms with van der Waals surface area (Å²) in [6.07, 6.45) is 7.04. The Bertz CT molecular complexity index is 633. The maximum atomic E-state index is 12.2. The van der Waals surface area contributed by atoms with Crippen molar-refractivity contribution in [2.45, 2.75) is 19.4 Å². The molecule has 0 unspecified atom stereocenters. The summed E-state index contributed by atoms with van der Waals surface area (Å²) in [4.78, 5) is 16.4. The number of terminal acetylenes is 1. The molecule has 0 saturated carbocycles. The molecular formula is C15H14N2O. The summed E-state index contributed by atoms with van der Waals surface area (Å²) in [5.74, 6) is 2.33. The Morgan fingerprint density at radius 2 is 2.06 bits per heavy atom. The summed E-state index contributed by atoms with van der Waals surface area (Å²) >= 11 is 0. The summed E-state index contributed by atoms with van der Waals surface area (Å²) in [6, 6.07) is 9.27. The van der Waals surface area contributed by atoms with Crippen LogP contribution in [-0.2, 0) is 0 Å². The van der Waals surface area contributed by atoms with E-state index in [1.165, 1.54) is 0 Å². The molecule has 90 valence electrons. The fourth-order valence-corrected chi connectivity index (χ4v) is 1.67. The number of carbonyl (C=O) groups is 1. The Balaban J connectivity index is 2.43. The predicted octanol–water partition coefficient (Wildman–Crippen LogP) is 2.38. The van der Waals surface area contributed by atoms with E-state index in [4.69, 9.17) is 6.42 Å². The van der Waals surface area contributed by atoms with E-state index in [2.05, 4.69) is 16.2 Å². The Hall–Kier alpha value is -2.34. The number of nitrogens with one attached hydrogen (secondary N) is 1. The highest BCUT2D eigenvalue weighted by molar-refractivity contribution is 6.05. The van der Waals surface area contributed by atoms with Crippen molar-refractivity contribution in [3.05, 3.63) is 42.1 Å². The van der Waals surface area contributed by atoms with Crippen molar-refractivity contribution in [2.24, 2.45) is 0 Å². The number of carbonyl (C=O) groups excluding carboxylic acids is 1. The monoisotopic (exact) mass is 238 g/mol. The summed E-state index contributed by atoms with van der Waals surface area (Å²) in [5.41, 5.74) is 0.551. The molecule has 1 heterocycles. The molecule has 0 radical (unpaired) electrons. The molecule has 0 saturated heterocycles. The molecular weight excluding hydrogens is 224 g/mol. The second-order valence-electron chi connectivity index (χ2n) is 4.60. The summed E-state index contributed by atoms with van der Waals surface area (Å²) in [6.45, 7) is 3.56. The summed E-state index contributed by atoms with van der Waals surface area (Å²) < 4.78 is 0. The van der Waals surface area contributed by atoms with Gasteiger partial charge in [-0.2, -0.15) is 0 Å². The number of nitrogens with zero attached hydrogens (tertiary/aromatic N) is 1. The van der Waals surface area contributed by atoms with E-state index in [-0.39, 0.29) is 5.91 Å². The Morgan fingerprint density at radius 3 is 2.78 bits per heavy atom. The molecule has 1 N–H and O–H groups in total. The lowest BCUT2D eigenvalue weighted by molar-refractivity contribution is 0.0931. The van der Waals surface area contributed by atoms with Crippen LogP contribution in [0.5, 0.6) is 0 Å². The van der Waals surface area contributed by atoms with E-state index in [0.717, 1.165) is 5.39 Å². The molecule has 0 bridgehead atoms. The number of hydrogen-bond donors (Lipinski definition) is 1. The molecule has 18 heavy (non-hydrogen) atoms. The molecule has 0 fully saturated rings. The lowest BCUT2D eigenvalue weighted by Crippen LogP contribution is -2.42. The largest absolute Gasteiger partial charge is 0.336 e. The van der Waals surface area contributed by atoms with E-state index < -0.39 is 5.54 Å². The van der Waals surface area contributed by atoms with Crippen LogP contribution in [-0.4, -0.2) is 16.4 Å². The lowest BCUT2D eigenvalue weighted by atomic mass is 10.0. The van der Waals surface area contributed by atoms with Crippen LogP contribution in [0.1, 0.15) is 24.2 Å². The first-order valence-corrected chi connectivity index (χ1v) is 5.67. The molecule has 0 spiro atoms. The number of rotatable bonds is 2. The van der Waals surface area contributed by atoms with Crippen LogP contribution in [0.4, 0.5) is 0 Å². The first-order valence-electron chi connectivity index (χ1n) is 5.67. The Morgan fingerprint density at radius 1 is 1.33 bits per heavy atom. The van der Waals surface area contributed by atoms with Gasteiger partial charge in [0.2, 0.25) is 0 Å². The predicted molar refractivity (Wildman–Crippen MR) is 72.1 cm³/mol. The van der Waals surface area contributed by atoms with Crippen molar-refractivity contribution < 1.29 is 4.79 Å². The van der Waals surface area contributed by atoms with Gasteiger partial charge in [-0.3, -0.25) is 9.78 Å². The SMILES string of the molecule is C#CC(C)(C)NC(=O)c1cccc2cccnc12. The lowest BCUT2D eigenvalue weighted by Gasteiger charge is -2.19. The minimum absolute atomic E-state index is 0.206. The average Bonchev–Trinajstić information content (AvgIpc) is 2.37. The van der Waals surface area contributed by atoms with Gasteiger partial charge in [-0.25, -0.2) is 0 Å². The van der Waals surface area contributed by atoms with Gasteiger partial charge in [0.25, 0.3) is 5.91 Å². The van der Waals surface area contributed by atoms with E-state index in [1.807, 2.05) is 24.3 Å². The fourth-order valence-electron chi connectivity index (χ4n) is 1.67. The molecule has 2 rings (SSSR count). The second kappa shape index (κ2) is 4.50. The maximum Gasteiger partial charge on any atom is 0.254 e. The number of benzene rings is 1. The zero-order valence-electron chi connectivity index (χ0n) is 10.4. The molecule has 2 aromatic rings. The van der Waals surface area contributed by atoms with Crippen molar-refractivity contribution in [2.75, 3.05) is 0 Å². The van der Waals surface area contributed by atoms with Crippen molar-refractivity contribution in [3.63, 3.8) is 0 Å².